The molecule has 3 rings (SSSR count). The van der Waals surface area contributed by atoms with Gasteiger partial charge in [-0.3, -0.25) is 0 Å². The molecule has 1 heterocycles. The fourth-order valence-electron chi connectivity index (χ4n) is 2.66. The number of methoxy groups -OCH3 is 1. The van der Waals surface area contributed by atoms with Gasteiger partial charge in [-0.05, 0) is 36.4 Å². The van der Waals surface area contributed by atoms with E-state index in [0.717, 1.165) is 0 Å². The van der Waals surface area contributed by atoms with Crippen molar-refractivity contribution in [2.75, 3.05) is 20.3 Å². The van der Waals surface area contributed by atoms with Gasteiger partial charge in [0.2, 0.25) is 5.79 Å². The summed E-state index contributed by atoms with van der Waals surface area (Å²) < 4.78 is 16.9. The summed E-state index contributed by atoms with van der Waals surface area (Å²) in [5.41, 5.74) is 1.07. The van der Waals surface area contributed by atoms with E-state index in [1.165, 1.54) is 6.07 Å². The first-order valence-corrected chi connectivity index (χ1v) is 7.89. The van der Waals surface area contributed by atoms with Gasteiger partial charge in [0.1, 0.15) is 5.75 Å². The Hall–Kier alpha value is -1.79. The molecule has 0 bridgehead atoms. The molecule has 126 valence electrons. The third kappa shape index (κ3) is 2.84. The molecule has 0 radical (unpaired) electrons. The molecule has 0 saturated carbocycles. The van der Waals surface area contributed by atoms with Crippen molar-refractivity contribution in [1.82, 2.24) is 0 Å². The van der Waals surface area contributed by atoms with E-state index in [2.05, 4.69) is 0 Å². The van der Waals surface area contributed by atoms with E-state index in [0.29, 0.717) is 30.1 Å². The Balaban J connectivity index is 2.16. The van der Waals surface area contributed by atoms with E-state index in [1.54, 1.807) is 37.4 Å². The number of halogens is 2. The zero-order chi connectivity index (χ0) is 17.3. The minimum absolute atomic E-state index is 0.0178. The predicted molar refractivity (Wildman–Crippen MR) is 89.1 cm³/mol. The van der Waals surface area contributed by atoms with Crippen LogP contribution in [0.25, 0.3) is 0 Å². The van der Waals surface area contributed by atoms with Crippen molar-refractivity contribution in [1.29, 1.82) is 0 Å². The molecule has 0 atom stereocenters. The van der Waals surface area contributed by atoms with Crippen molar-refractivity contribution in [2.45, 2.75) is 5.79 Å². The lowest BCUT2D eigenvalue weighted by Crippen LogP contribution is -2.29. The summed E-state index contributed by atoms with van der Waals surface area (Å²) >= 11 is 12.1. The number of carbonyl (C=O) groups is 1. The second kappa shape index (κ2) is 6.61. The zero-order valence-corrected chi connectivity index (χ0v) is 14.2. The van der Waals surface area contributed by atoms with Gasteiger partial charge in [-0.2, -0.15) is 0 Å². The fraction of sp³-hybridized carbons (Fsp3) is 0.235. The van der Waals surface area contributed by atoms with Crippen LogP contribution in [0.4, 0.5) is 0 Å². The average Bonchev–Trinajstić information content (AvgIpc) is 3.08. The minimum atomic E-state index is -1.23. The van der Waals surface area contributed by atoms with Gasteiger partial charge in [-0.15, -0.1) is 0 Å². The number of benzene rings is 2. The van der Waals surface area contributed by atoms with E-state index < -0.39 is 11.8 Å². The molecule has 1 aliphatic heterocycles. The van der Waals surface area contributed by atoms with Gasteiger partial charge in [0.25, 0.3) is 0 Å². The first kappa shape index (κ1) is 17.0. The summed E-state index contributed by atoms with van der Waals surface area (Å²) in [4.78, 5) is 11.4. The number of carboxylic acid groups (broad SMARTS) is 1. The van der Waals surface area contributed by atoms with Crippen LogP contribution in [0.5, 0.6) is 5.75 Å². The molecule has 1 saturated heterocycles. The molecule has 24 heavy (non-hydrogen) atoms. The predicted octanol–water partition coefficient (Wildman–Crippen LogP) is 3.95. The van der Waals surface area contributed by atoms with Crippen molar-refractivity contribution in [3.05, 3.63) is 63.1 Å². The van der Waals surface area contributed by atoms with Crippen LogP contribution in [0.3, 0.4) is 0 Å². The maximum atomic E-state index is 11.4. The lowest BCUT2D eigenvalue weighted by Gasteiger charge is -2.29. The number of ether oxygens (including phenoxy) is 3. The van der Waals surface area contributed by atoms with Crippen molar-refractivity contribution >= 4 is 29.2 Å². The highest BCUT2D eigenvalue weighted by atomic mass is 35.5. The molecule has 0 unspecified atom stereocenters. The highest BCUT2D eigenvalue weighted by Gasteiger charge is 2.41. The Morgan fingerprint density at radius 1 is 1.12 bits per heavy atom. The van der Waals surface area contributed by atoms with Crippen LogP contribution in [0.1, 0.15) is 21.5 Å². The lowest BCUT2D eigenvalue weighted by atomic mass is 9.95. The van der Waals surface area contributed by atoms with E-state index >= 15 is 0 Å². The van der Waals surface area contributed by atoms with Crippen molar-refractivity contribution < 1.29 is 24.1 Å². The van der Waals surface area contributed by atoms with Crippen molar-refractivity contribution in [3.8, 4) is 5.75 Å². The molecule has 2 aromatic rings. The van der Waals surface area contributed by atoms with Crippen LogP contribution in [-0.2, 0) is 15.3 Å². The van der Waals surface area contributed by atoms with E-state index in [-0.39, 0.29) is 15.6 Å². The minimum Gasteiger partial charge on any atom is -0.497 e. The van der Waals surface area contributed by atoms with Crippen LogP contribution < -0.4 is 4.74 Å². The molecule has 5 nitrogen and oxygen atoms in total. The average molecular weight is 369 g/mol. The Kier molecular flexibility index (Phi) is 4.69. The topological polar surface area (TPSA) is 65.0 Å². The van der Waals surface area contributed by atoms with E-state index in [4.69, 9.17) is 37.4 Å². The zero-order valence-electron chi connectivity index (χ0n) is 12.7. The molecule has 0 amide bonds. The molecular formula is C17H14Cl2O5. The first-order valence-electron chi connectivity index (χ1n) is 7.13. The smallest absolute Gasteiger partial charge is 0.337 e. The maximum Gasteiger partial charge on any atom is 0.337 e. The van der Waals surface area contributed by atoms with E-state index in [9.17, 15) is 9.90 Å². The Morgan fingerprint density at radius 2 is 1.75 bits per heavy atom. The third-order valence-electron chi connectivity index (χ3n) is 3.80. The van der Waals surface area contributed by atoms with Gasteiger partial charge in [-0.1, -0.05) is 23.2 Å². The molecule has 0 spiro atoms. The third-order valence-corrected chi connectivity index (χ3v) is 4.60. The highest BCUT2D eigenvalue weighted by Crippen LogP contribution is 2.42. The number of hydrogen-bond acceptors (Lipinski definition) is 4. The largest absolute Gasteiger partial charge is 0.497 e. The summed E-state index contributed by atoms with van der Waals surface area (Å²) in [6, 6.07) is 10.1. The molecule has 2 aromatic carbocycles. The number of carboxylic acids is 1. The molecule has 1 fully saturated rings. The Labute approximate surface area is 148 Å². The molecular weight excluding hydrogens is 355 g/mol. The standard InChI is InChI=1S/C17H14Cl2O5/c1-22-12-4-2-10(3-5-12)17(23-6-7-24-17)11-8-13(16(20)21)15(19)14(18)9-11/h2-5,8-9H,6-7H2,1H3,(H,20,21). The lowest BCUT2D eigenvalue weighted by molar-refractivity contribution is -0.129. The fourth-order valence-corrected chi connectivity index (χ4v) is 3.07. The quantitative estimate of drug-likeness (QED) is 0.884. The van der Waals surface area contributed by atoms with Gasteiger partial charge < -0.3 is 19.3 Å². The van der Waals surface area contributed by atoms with Crippen LogP contribution in [-0.4, -0.2) is 31.4 Å². The SMILES string of the molecule is COc1ccc(C2(c3cc(Cl)c(Cl)c(C(=O)O)c3)OCCO2)cc1. The van der Waals surface area contributed by atoms with Crippen molar-refractivity contribution in [3.63, 3.8) is 0 Å². The Bertz CT molecular complexity index is 767. The number of aromatic carboxylic acids is 1. The molecule has 7 heteroatoms. The summed E-state index contributed by atoms with van der Waals surface area (Å²) in [6.07, 6.45) is 0. The summed E-state index contributed by atoms with van der Waals surface area (Å²) in [5.74, 6) is -1.72. The van der Waals surface area contributed by atoms with Gasteiger partial charge in [-0.25, -0.2) is 4.79 Å². The molecule has 1 aliphatic rings. The van der Waals surface area contributed by atoms with Crippen LogP contribution in [0.2, 0.25) is 10.0 Å². The first-order chi connectivity index (χ1) is 11.5. The van der Waals surface area contributed by atoms with Crippen LogP contribution in [0.15, 0.2) is 36.4 Å². The second-order valence-corrected chi connectivity index (χ2v) is 5.95. The second-order valence-electron chi connectivity index (χ2n) is 5.17. The maximum absolute atomic E-state index is 11.4. The van der Waals surface area contributed by atoms with Gasteiger partial charge in [0.05, 0.1) is 35.9 Å². The van der Waals surface area contributed by atoms with E-state index in [1.807, 2.05) is 0 Å². The number of hydrogen-bond donors (Lipinski definition) is 1. The molecule has 0 aromatic heterocycles. The van der Waals surface area contributed by atoms with Gasteiger partial charge >= 0.3 is 5.97 Å². The highest BCUT2D eigenvalue weighted by molar-refractivity contribution is 6.43. The van der Waals surface area contributed by atoms with Crippen LogP contribution >= 0.6 is 23.2 Å². The molecule has 0 aliphatic carbocycles. The monoisotopic (exact) mass is 368 g/mol. The van der Waals surface area contributed by atoms with Gasteiger partial charge in [0, 0.05) is 11.1 Å². The normalized spacial score (nSPS) is 16.1. The molecule has 1 N–H and O–H groups in total. The number of rotatable bonds is 4. The summed E-state index contributed by atoms with van der Waals surface area (Å²) in [5, 5.41) is 9.44. The van der Waals surface area contributed by atoms with Crippen LogP contribution in [0, 0.1) is 0 Å². The summed E-state index contributed by atoms with van der Waals surface area (Å²) in [7, 11) is 1.57. The van der Waals surface area contributed by atoms with Crippen molar-refractivity contribution in [2.24, 2.45) is 0 Å². The Morgan fingerprint density at radius 3 is 2.29 bits per heavy atom. The van der Waals surface area contributed by atoms with Gasteiger partial charge in [0.15, 0.2) is 0 Å². The summed E-state index contributed by atoms with van der Waals surface area (Å²) in [6.45, 7) is 0.739.